The summed E-state index contributed by atoms with van der Waals surface area (Å²) in [6.45, 7) is 9.31. The van der Waals surface area contributed by atoms with Crippen molar-refractivity contribution in [3.8, 4) is 0 Å². The van der Waals surface area contributed by atoms with Gasteiger partial charge in [0.05, 0.1) is 17.9 Å². The van der Waals surface area contributed by atoms with Crippen LogP contribution in [0.25, 0.3) is 0 Å². The summed E-state index contributed by atoms with van der Waals surface area (Å²) in [4.78, 5) is 12.1. The van der Waals surface area contributed by atoms with Crippen LogP contribution in [-0.4, -0.2) is 28.3 Å². The van der Waals surface area contributed by atoms with Crippen molar-refractivity contribution >= 4 is 5.91 Å². The van der Waals surface area contributed by atoms with Gasteiger partial charge in [0.2, 0.25) is 0 Å². The van der Waals surface area contributed by atoms with Crippen LogP contribution < -0.4 is 5.32 Å². The SMILES string of the molecule is CC(C)(C)c1cc(CNC(=O)[C@@]2(C)CCCO2)[nH]n1. The second-order valence-corrected chi connectivity index (χ2v) is 6.39. The van der Waals surface area contributed by atoms with Gasteiger partial charge in [-0.2, -0.15) is 5.10 Å². The molecule has 2 heterocycles. The standard InChI is InChI=1S/C14H23N3O2/c1-13(2,3)11-8-10(16-17-11)9-15-12(18)14(4)6-5-7-19-14/h8H,5-7,9H2,1-4H3,(H,15,18)(H,16,17)/t14-/m1/s1. The molecule has 1 aliphatic heterocycles. The lowest BCUT2D eigenvalue weighted by Gasteiger charge is -2.21. The second-order valence-electron chi connectivity index (χ2n) is 6.39. The molecule has 0 aromatic carbocycles. The van der Waals surface area contributed by atoms with Gasteiger partial charge in [-0.1, -0.05) is 20.8 Å². The summed E-state index contributed by atoms with van der Waals surface area (Å²) in [5.74, 6) is -0.0445. The Hall–Kier alpha value is -1.36. The van der Waals surface area contributed by atoms with Gasteiger partial charge in [-0.05, 0) is 25.8 Å². The highest BCUT2D eigenvalue weighted by Gasteiger charge is 2.37. The van der Waals surface area contributed by atoms with E-state index in [1.54, 1.807) is 0 Å². The third-order valence-electron chi connectivity index (χ3n) is 3.54. The van der Waals surface area contributed by atoms with Gasteiger partial charge >= 0.3 is 0 Å². The van der Waals surface area contributed by atoms with Crippen LogP contribution in [0.2, 0.25) is 0 Å². The van der Waals surface area contributed by atoms with Crippen LogP contribution in [0.4, 0.5) is 0 Å². The minimum absolute atomic E-state index is 0.0132. The van der Waals surface area contributed by atoms with E-state index in [1.165, 1.54) is 0 Å². The lowest BCUT2D eigenvalue weighted by Crippen LogP contribution is -2.43. The van der Waals surface area contributed by atoms with E-state index in [1.807, 2.05) is 13.0 Å². The highest BCUT2D eigenvalue weighted by Crippen LogP contribution is 2.25. The number of ether oxygens (including phenoxy) is 1. The zero-order valence-electron chi connectivity index (χ0n) is 12.2. The minimum Gasteiger partial charge on any atom is -0.365 e. The highest BCUT2D eigenvalue weighted by molar-refractivity contribution is 5.84. The summed E-state index contributed by atoms with van der Waals surface area (Å²) in [6.07, 6.45) is 1.73. The molecule has 0 spiro atoms. The largest absolute Gasteiger partial charge is 0.365 e. The number of H-pyrrole nitrogens is 1. The third-order valence-corrected chi connectivity index (χ3v) is 3.54. The molecule has 1 saturated heterocycles. The van der Waals surface area contributed by atoms with Crippen molar-refractivity contribution in [2.45, 2.75) is 58.1 Å². The average molecular weight is 265 g/mol. The van der Waals surface area contributed by atoms with E-state index in [2.05, 4.69) is 36.3 Å². The van der Waals surface area contributed by atoms with Gasteiger partial charge in [-0.25, -0.2) is 0 Å². The molecule has 1 amide bonds. The Bertz CT molecular complexity index is 454. The Morgan fingerprint density at radius 1 is 1.58 bits per heavy atom. The van der Waals surface area contributed by atoms with Crippen LogP contribution in [0.5, 0.6) is 0 Å². The van der Waals surface area contributed by atoms with Crippen molar-refractivity contribution in [1.29, 1.82) is 0 Å². The zero-order chi connectivity index (χ0) is 14.1. The van der Waals surface area contributed by atoms with Crippen molar-refractivity contribution in [3.63, 3.8) is 0 Å². The molecule has 1 aromatic heterocycles. The van der Waals surface area contributed by atoms with Crippen LogP contribution in [0.1, 0.15) is 51.9 Å². The van der Waals surface area contributed by atoms with Crippen LogP contribution in [0.15, 0.2) is 6.07 Å². The summed E-state index contributed by atoms with van der Waals surface area (Å²) in [7, 11) is 0. The Morgan fingerprint density at radius 2 is 2.32 bits per heavy atom. The van der Waals surface area contributed by atoms with Gasteiger partial charge in [-0.15, -0.1) is 0 Å². The summed E-state index contributed by atoms with van der Waals surface area (Å²) in [5, 5.41) is 10.1. The fraction of sp³-hybridized carbons (Fsp3) is 0.714. The lowest BCUT2D eigenvalue weighted by atomic mass is 9.92. The monoisotopic (exact) mass is 265 g/mol. The van der Waals surface area contributed by atoms with E-state index < -0.39 is 5.60 Å². The summed E-state index contributed by atoms with van der Waals surface area (Å²) >= 11 is 0. The summed E-state index contributed by atoms with van der Waals surface area (Å²) < 4.78 is 5.51. The molecule has 0 aliphatic carbocycles. The number of nitrogens with zero attached hydrogens (tertiary/aromatic N) is 1. The predicted octanol–water partition coefficient (Wildman–Crippen LogP) is 1.89. The van der Waals surface area contributed by atoms with E-state index in [0.717, 1.165) is 24.2 Å². The van der Waals surface area contributed by atoms with Crippen molar-refractivity contribution < 1.29 is 9.53 Å². The van der Waals surface area contributed by atoms with E-state index in [0.29, 0.717) is 13.2 Å². The zero-order valence-corrected chi connectivity index (χ0v) is 12.2. The van der Waals surface area contributed by atoms with Crippen LogP contribution in [0, 0.1) is 0 Å². The molecule has 1 atom stereocenters. The van der Waals surface area contributed by atoms with E-state index in [4.69, 9.17) is 4.74 Å². The van der Waals surface area contributed by atoms with Crippen LogP contribution in [0.3, 0.4) is 0 Å². The lowest BCUT2D eigenvalue weighted by molar-refractivity contribution is -0.139. The number of aromatic amines is 1. The van der Waals surface area contributed by atoms with Gasteiger partial charge in [0, 0.05) is 12.0 Å². The van der Waals surface area contributed by atoms with Gasteiger partial charge in [0.25, 0.3) is 5.91 Å². The molecule has 0 radical (unpaired) electrons. The summed E-state index contributed by atoms with van der Waals surface area (Å²) in [6, 6.07) is 2.00. The number of carbonyl (C=O) groups excluding carboxylic acids is 1. The molecule has 1 fully saturated rings. The maximum atomic E-state index is 12.1. The topological polar surface area (TPSA) is 67.0 Å². The molecule has 2 rings (SSSR count). The first-order valence-electron chi connectivity index (χ1n) is 6.78. The second kappa shape index (κ2) is 4.96. The van der Waals surface area contributed by atoms with Crippen molar-refractivity contribution in [3.05, 3.63) is 17.5 Å². The predicted molar refractivity (Wildman–Crippen MR) is 72.7 cm³/mol. The Labute approximate surface area is 114 Å². The van der Waals surface area contributed by atoms with E-state index in [-0.39, 0.29) is 11.3 Å². The minimum atomic E-state index is -0.660. The van der Waals surface area contributed by atoms with E-state index in [9.17, 15) is 4.79 Å². The molecule has 0 saturated carbocycles. The maximum absolute atomic E-state index is 12.1. The van der Waals surface area contributed by atoms with Gasteiger partial charge in [0.1, 0.15) is 5.60 Å². The molecule has 0 unspecified atom stereocenters. The number of hydrogen-bond acceptors (Lipinski definition) is 3. The fourth-order valence-electron chi connectivity index (χ4n) is 2.16. The first-order valence-corrected chi connectivity index (χ1v) is 6.78. The Balaban J connectivity index is 1.92. The quantitative estimate of drug-likeness (QED) is 0.877. The average Bonchev–Trinajstić information content (AvgIpc) is 2.94. The third kappa shape index (κ3) is 3.15. The van der Waals surface area contributed by atoms with E-state index >= 15 is 0 Å². The molecule has 5 heteroatoms. The fourth-order valence-corrected chi connectivity index (χ4v) is 2.16. The van der Waals surface area contributed by atoms with Crippen LogP contribution >= 0.6 is 0 Å². The summed E-state index contributed by atoms with van der Waals surface area (Å²) in [5.41, 5.74) is 1.27. The number of rotatable bonds is 3. The van der Waals surface area contributed by atoms with Gasteiger partial charge in [-0.3, -0.25) is 9.89 Å². The number of aromatic nitrogens is 2. The Morgan fingerprint density at radius 3 is 2.84 bits per heavy atom. The van der Waals surface area contributed by atoms with Crippen LogP contribution in [-0.2, 0) is 21.5 Å². The molecule has 1 aromatic rings. The van der Waals surface area contributed by atoms with Gasteiger partial charge < -0.3 is 10.1 Å². The molecule has 0 bridgehead atoms. The van der Waals surface area contributed by atoms with Crippen molar-refractivity contribution in [1.82, 2.24) is 15.5 Å². The normalized spacial score (nSPS) is 23.6. The molecular weight excluding hydrogens is 242 g/mol. The van der Waals surface area contributed by atoms with Gasteiger partial charge in [0.15, 0.2) is 0 Å². The first-order chi connectivity index (χ1) is 8.81. The molecule has 1 aliphatic rings. The number of nitrogens with one attached hydrogen (secondary N) is 2. The molecular formula is C14H23N3O2. The smallest absolute Gasteiger partial charge is 0.252 e. The highest BCUT2D eigenvalue weighted by atomic mass is 16.5. The maximum Gasteiger partial charge on any atom is 0.252 e. The number of hydrogen-bond donors (Lipinski definition) is 2. The van der Waals surface area contributed by atoms with Crippen molar-refractivity contribution in [2.24, 2.45) is 0 Å². The molecule has 19 heavy (non-hydrogen) atoms. The molecule has 2 N–H and O–H groups in total. The molecule has 106 valence electrons. The Kier molecular flexibility index (Phi) is 3.67. The first kappa shape index (κ1) is 14.1. The van der Waals surface area contributed by atoms with Crippen molar-refractivity contribution in [2.75, 3.05) is 6.61 Å². The molecule has 5 nitrogen and oxygen atoms in total. The number of carbonyl (C=O) groups is 1. The number of amides is 1.